The lowest BCUT2D eigenvalue weighted by molar-refractivity contribution is 0.0932. The molecule has 2 aromatic rings. The molecule has 2 aromatic carbocycles. The van der Waals surface area contributed by atoms with Gasteiger partial charge in [-0.15, -0.1) is 0 Å². The standard InChI is InChI=1S/C16H17FN2O/c17-15-8-7-14(12-5-1-2-6-13(12)15)16(20)19-11-4-3-9-18-10-11/h1-2,5-8,11,18H,3-4,9-10H2,(H,19,20). The average Bonchev–Trinajstić information content (AvgIpc) is 2.49. The summed E-state index contributed by atoms with van der Waals surface area (Å²) in [7, 11) is 0. The Bertz CT molecular complexity index is 635. The molecule has 2 N–H and O–H groups in total. The Kier molecular flexibility index (Phi) is 3.65. The molecule has 1 amide bonds. The highest BCUT2D eigenvalue weighted by molar-refractivity contribution is 6.07. The lowest BCUT2D eigenvalue weighted by Gasteiger charge is -2.24. The van der Waals surface area contributed by atoms with Crippen LogP contribution in [0.1, 0.15) is 23.2 Å². The monoisotopic (exact) mass is 272 g/mol. The van der Waals surface area contributed by atoms with Gasteiger partial charge in [0.2, 0.25) is 0 Å². The lowest BCUT2D eigenvalue weighted by Crippen LogP contribution is -2.45. The fourth-order valence-electron chi connectivity index (χ4n) is 2.70. The van der Waals surface area contributed by atoms with E-state index in [0.717, 1.165) is 25.9 Å². The van der Waals surface area contributed by atoms with E-state index < -0.39 is 0 Å². The minimum absolute atomic E-state index is 0.130. The number of halogens is 1. The SMILES string of the molecule is O=C(NC1CCCNC1)c1ccc(F)c2ccccc12. The normalized spacial score (nSPS) is 18.9. The van der Waals surface area contributed by atoms with Crippen LogP contribution < -0.4 is 10.6 Å². The summed E-state index contributed by atoms with van der Waals surface area (Å²) >= 11 is 0. The van der Waals surface area contributed by atoms with Crippen molar-refractivity contribution < 1.29 is 9.18 Å². The van der Waals surface area contributed by atoms with Gasteiger partial charge in [-0.25, -0.2) is 4.39 Å². The number of rotatable bonds is 2. The molecule has 104 valence electrons. The number of nitrogens with one attached hydrogen (secondary N) is 2. The number of fused-ring (bicyclic) bond motifs is 1. The van der Waals surface area contributed by atoms with Crippen LogP contribution in [0.25, 0.3) is 10.8 Å². The molecule has 1 unspecified atom stereocenters. The Morgan fingerprint density at radius 1 is 1.20 bits per heavy atom. The van der Waals surface area contributed by atoms with Gasteiger partial charge in [-0.3, -0.25) is 4.79 Å². The molecular weight excluding hydrogens is 255 g/mol. The highest BCUT2D eigenvalue weighted by atomic mass is 19.1. The van der Waals surface area contributed by atoms with Crippen molar-refractivity contribution in [1.82, 2.24) is 10.6 Å². The van der Waals surface area contributed by atoms with Crippen molar-refractivity contribution in [1.29, 1.82) is 0 Å². The highest BCUT2D eigenvalue weighted by Gasteiger charge is 2.18. The van der Waals surface area contributed by atoms with Crippen molar-refractivity contribution in [3.05, 3.63) is 47.8 Å². The third-order valence-electron chi connectivity index (χ3n) is 3.75. The van der Waals surface area contributed by atoms with Gasteiger partial charge in [0.1, 0.15) is 5.82 Å². The molecule has 1 aliphatic rings. The van der Waals surface area contributed by atoms with Gasteiger partial charge in [-0.1, -0.05) is 24.3 Å². The maximum absolute atomic E-state index is 13.7. The van der Waals surface area contributed by atoms with Gasteiger partial charge in [0, 0.05) is 23.5 Å². The number of piperidine rings is 1. The van der Waals surface area contributed by atoms with Gasteiger partial charge in [-0.2, -0.15) is 0 Å². The molecule has 1 aliphatic heterocycles. The van der Waals surface area contributed by atoms with Crippen LogP contribution in [0.5, 0.6) is 0 Å². The molecule has 0 bridgehead atoms. The van der Waals surface area contributed by atoms with Gasteiger partial charge < -0.3 is 10.6 Å². The summed E-state index contributed by atoms with van der Waals surface area (Å²) in [6, 6.07) is 10.1. The molecule has 0 saturated carbocycles. The molecule has 3 nitrogen and oxygen atoms in total. The molecule has 20 heavy (non-hydrogen) atoms. The first kappa shape index (κ1) is 13.1. The Labute approximate surface area is 117 Å². The van der Waals surface area contributed by atoms with Crippen LogP contribution >= 0.6 is 0 Å². The molecule has 0 aromatic heterocycles. The summed E-state index contributed by atoms with van der Waals surface area (Å²) in [5, 5.41) is 7.43. The zero-order chi connectivity index (χ0) is 13.9. The third kappa shape index (κ3) is 2.51. The third-order valence-corrected chi connectivity index (χ3v) is 3.75. The Morgan fingerprint density at radius 3 is 2.75 bits per heavy atom. The number of amides is 1. The first-order valence-corrected chi connectivity index (χ1v) is 6.94. The van der Waals surface area contributed by atoms with E-state index in [1.54, 1.807) is 24.3 Å². The molecule has 1 atom stereocenters. The van der Waals surface area contributed by atoms with Crippen LogP contribution in [0.2, 0.25) is 0 Å². The van der Waals surface area contributed by atoms with Crippen LogP contribution in [-0.2, 0) is 0 Å². The van der Waals surface area contributed by atoms with E-state index in [2.05, 4.69) is 10.6 Å². The molecule has 1 saturated heterocycles. The number of carbonyl (C=O) groups excluding carboxylic acids is 1. The van der Waals surface area contributed by atoms with E-state index >= 15 is 0 Å². The topological polar surface area (TPSA) is 41.1 Å². The molecule has 3 rings (SSSR count). The van der Waals surface area contributed by atoms with Crippen molar-refractivity contribution in [2.24, 2.45) is 0 Å². The summed E-state index contributed by atoms with van der Waals surface area (Å²) in [4.78, 5) is 12.4. The van der Waals surface area contributed by atoms with Gasteiger partial charge in [0.15, 0.2) is 0 Å². The number of hydrogen-bond donors (Lipinski definition) is 2. The summed E-state index contributed by atoms with van der Waals surface area (Å²) in [5.41, 5.74) is 0.535. The van der Waals surface area contributed by atoms with Crippen molar-refractivity contribution in [3.8, 4) is 0 Å². The first-order valence-electron chi connectivity index (χ1n) is 6.94. The van der Waals surface area contributed by atoms with Crippen molar-refractivity contribution in [3.63, 3.8) is 0 Å². The fourth-order valence-corrected chi connectivity index (χ4v) is 2.70. The van der Waals surface area contributed by atoms with Crippen LogP contribution in [0.3, 0.4) is 0 Å². The largest absolute Gasteiger partial charge is 0.348 e. The summed E-state index contributed by atoms with van der Waals surface area (Å²) in [6.45, 7) is 1.80. The lowest BCUT2D eigenvalue weighted by atomic mass is 10.0. The van der Waals surface area contributed by atoms with Crippen molar-refractivity contribution in [2.45, 2.75) is 18.9 Å². The van der Waals surface area contributed by atoms with Gasteiger partial charge >= 0.3 is 0 Å². The van der Waals surface area contributed by atoms with Crippen LogP contribution in [0, 0.1) is 5.82 Å². The van der Waals surface area contributed by atoms with E-state index in [-0.39, 0.29) is 17.8 Å². The number of carbonyl (C=O) groups is 1. The second-order valence-corrected chi connectivity index (χ2v) is 5.16. The predicted octanol–water partition coefficient (Wildman–Crippen LogP) is 2.46. The van der Waals surface area contributed by atoms with Crippen molar-refractivity contribution in [2.75, 3.05) is 13.1 Å². The Hall–Kier alpha value is -1.94. The molecule has 1 heterocycles. The smallest absolute Gasteiger partial charge is 0.252 e. The average molecular weight is 272 g/mol. The maximum Gasteiger partial charge on any atom is 0.252 e. The minimum atomic E-state index is -0.295. The molecule has 1 fully saturated rings. The highest BCUT2D eigenvalue weighted by Crippen LogP contribution is 2.22. The van der Waals surface area contributed by atoms with E-state index in [9.17, 15) is 9.18 Å². The van der Waals surface area contributed by atoms with Crippen LogP contribution in [0.15, 0.2) is 36.4 Å². The molecule has 0 aliphatic carbocycles. The number of hydrogen-bond acceptors (Lipinski definition) is 2. The van der Waals surface area contributed by atoms with E-state index in [4.69, 9.17) is 0 Å². The van der Waals surface area contributed by atoms with Gasteiger partial charge in [-0.05, 0) is 36.9 Å². The quantitative estimate of drug-likeness (QED) is 0.881. The first-order chi connectivity index (χ1) is 9.75. The Morgan fingerprint density at radius 2 is 2.00 bits per heavy atom. The summed E-state index contributed by atoms with van der Waals surface area (Å²) < 4.78 is 13.7. The van der Waals surface area contributed by atoms with Crippen LogP contribution in [0.4, 0.5) is 4.39 Å². The van der Waals surface area contributed by atoms with E-state index in [1.165, 1.54) is 6.07 Å². The van der Waals surface area contributed by atoms with Gasteiger partial charge in [0.25, 0.3) is 5.91 Å². The molecular formula is C16H17FN2O. The summed E-state index contributed by atoms with van der Waals surface area (Å²) in [6.07, 6.45) is 2.05. The molecule has 0 spiro atoms. The predicted molar refractivity (Wildman–Crippen MR) is 77.3 cm³/mol. The Balaban J connectivity index is 1.89. The minimum Gasteiger partial charge on any atom is -0.348 e. The molecule has 0 radical (unpaired) electrons. The van der Waals surface area contributed by atoms with Crippen molar-refractivity contribution >= 4 is 16.7 Å². The maximum atomic E-state index is 13.7. The van der Waals surface area contributed by atoms with Crippen LogP contribution in [-0.4, -0.2) is 25.0 Å². The molecule has 4 heteroatoms. The van der Waals surface area contributed by atoms with E-state index in [1.807, 2.05) is 6.07 Å². The second-order valence-electron chi connectivity index (χ2n) is 5.16. The van der Waals surface area contributed by atoms with Gasteiger partial charge in [0.05, 0.1) is 0 Å². The zero-order valence-electron chi connectivity index (χ0n) is 11.2. The van der Waals surface area contributed by atoms with E-state index in [0.29, 0.717) is 16.3 Å². The second kappa shape index (κ2) is 5.59. The number of benzene rings is 2. The fraction of sp³-hybridized carbons (Fsp3) is 0.312. The zero-order valence-corrected chi connectivity index (χ0v) is 11.2. The summed E-state index contributed by atoms with van der Waals surface area (Å²) in [5.74, 6) is -0.425.